The minimum absolute atomic E-state index is 0. The Kier molecular flexibility index (Phi) is 7.56. The van der Waals surface area contributed by atoms with Gasteiger partial charge in [0, 0.05) is 37.7 Å². The summed E-state index contributed by atoms with van der Waals surface area (Å²) in [6, 6.07) is 0. The Morgan fingerprint density at radius 1 is 1.30 bits per heavy atom. The maximum Gasteiger partial charge on any atom is 0.333 e. The molecule has 54 valence electrons. The van der Waals surface area contributed by atoms with Crippen molar-refractivity contribution >= 4 is 49.7 Å². The van der Waals surface area contributed by atoms with E-state index in [4.69, 9.17) is 15.3 Å². The van der Waals surface area contributed by atoms with Gasteiger partial charge in [0.05, 0.1) is 6.42 Å². The van der Waals surface area contributed by atoms with E-state index in [2.05, 4.69) is 0 Å². The van der Waals surface area contributed by atoms with E-state index in [1.807, 2.05) is 0 Å². The summed E-state index contributed by atoms with van der Waals surface area (Å²) in [5, 5.41) is 24.1. The predicted octanol–water partition coefficient (Wildman–Crippen LogP) is -1.47. The Morgan fingerprint density at radius 2 is 1.70 bits per heavy atom. The molecular formula is C4H6CaO5. The van der Waals surface area contributed by atoms with E-state index in [0.29, 0.717) is 0 Å². The van der Waals surface area contributed by atoms with Gasteiger partial charge >= 0.3 is 11.9 Å². The second-order valence-electron chi connectivity index (χ2n) is 1.45. The molecule has 0 spiro atoms. The number of aliphatic hydroxyl groups is 1. The van der Waals surface area contributed by atoms with Crippen molar-refractivity contribution in [3.05, 3.63) is 0 Å². The van der Waals surface area contributed by atoms with Gasteiger partial charge in [-0.3, -0.25) is 4.79 Å². The molecule has 0 aromatic carbocycles. The molecule has 1 unspecified atom stereocenters. The SMILES string of the molecule is O=C(O)CC(O)C(=O)O.[Ca]. The molecule has 3 N–H and O–H groups in total. The van der Waals surface area contributed by atoms with Gasteiger partial charge in [-0.2, -0.15) is 0 Å². The number of hydrogen-bond donors (Lipinski definition) is 3. The predicted molar refractivity (Wildman–Crippen MR) is 31.6 cm³/mol. The third-order valence-electron chi connectivity index (χ3n) is 0.653. The zero-order valence-corrected chi connectivity index (χ0v) is 7.36. The van der Waals surface area contributed by atoms with E-state index >= 15 is 0 Å². The molecule has 0 aliphatic carbocycles. The van der Waals surface area contributed by atoms with E-state index in [9.17, 15) is 9.59 Å². The maximum absolute atomic E-state index is 9.72. The zero-order chi connectivity index (χ0) is 7.44. The van der Waals surface area contributed by atoms with Crippen molar-refractivity contribution in [1.82, 2.24) is 0 Å². The second kappa shape index (κ2) is 5.91. The van der Waals surface area contributed by atoms with Crippen molar-refractivity contribution in [3.8, 4) is 0 Å². The molecular weight excluding hydrogens is 168 g/mol. The Morgan fingerprint density at radius 3 is 1.80 bits per heavy atom. The average molecular weight is 174 g/mol. The van der Waals surface area contributed by atoms with Crippen molar-refractivity contribution in [1.29, 1.82) is 0 Å². The monoisotopic (exact) mass is 174 g/mol. The standard InChI is InChI=1S/C4H6O5.Ca/c5-2(4(8)9)1-3(6)7;/h2,5H,1H2,(H,6,7)(H,8,9);. The summed E-state index contributed by atoms with van der Waals surface area (Å²) in [6.07, 6.45) is -2.54. The van der Waals surface area contributed by atoms with Gasteiger partial charge in [-0.1, -0.05) is 0 Å². The van der Waals surface area contributed by atoms with Crippen LogP contribution in [0.2, 0.25) is 0 Å². The van der Waals surface area contributed by atoms with Crippen LogP contribution in [0.15, 0.2) is 0 Å². The van der Waals surface area contributed by atoms with Crippen LogP contribution < -0.4 is 0 Å². The van der Waals surface area contributed by atoms with E-state index in [1.165, 1.54) is 0 Å². The van der Waals surface area contributed by atoms with Crippen LogP contribution in [0.5, 0.6) is 0 Å². The first-order valence-electron chi connectivity index (χ1n) is 2.16. The van der Waals surface area contributed by atoms with Crippen LogP contribution in [0.4, 0.5) is 0 Å². The second-order valence-corrected chi connectivity index (χ2v) is 1.45. The van der Waals surface area contributed by atoms with E-state index in [1.54, 1.807) is 0 Å². The molecule has 0 aliphatic rings. The number of carboxylic acid groups (broad SMARTS) is 2. The quantitative estimate of drug-likeness (QED) is 0.454. The first-order valence-corrected chi connectivity index (χ1v) is 2.16. The molecule has 0 amide bonds. The fourth-order valence-electron chi connectivity index (χ4n) is 0.253. The molecule has 2 radical (unpaired) electrons. The molecule has 0 aromatic rings. The van der Waals surface area contributed by atoms with Crippen molar-refractivity contribution in [2.75, 3.05) is 0 Å². The van der Waals surface area contributed by atoms with Crippen molar-refractivity contribution in [2.24, 2.45) is 0 Å². The smallest absolute Gasteiger partial charge is 0.333 e. The molecule has 0 saturated carbocycles. The van der Waals surface area contributed by atoms with Crippen LogP contribution in [-0.4, -0.2) is 71.1 Å². The van der Waals surface area contributed by atoms with Crippen LogP contribution >= 0.6 is 0 Å². The van der Waals surface area contributed by atoms with Crippen LogP contribution in [0.3, 0.4) is 0 Å². The molecule has 5 nitrogen and oxygen atoms in total. The van der Waals surface area contributed by atoms with Crippen LogP contribution in [-0.2, 0) is 9.59 Å². The fraction of sp³-hybridized carbons (Fsp3) is 0.500. The van der Waals surface area contributed by atoms with Crippen LogP contribution in [0.25, 0.3) is 0 Å². The summed E-state index contributed by atoms with van der Waals surface area (Å²) in [4.78, 5) is 19.4. The third kappa shape index (κ3) is 6.28. The summed E-state index contributed by atoms with van der Waals surface area (Å²) in [5.41, 5.74) is 0. The summed E-state index contributed by atoms with van der Waals surface area (Å²) in [5.74, 6) is -2.85. The van der Waals surface area contributed by atoms with Gasteiger partial charge in [0.2, 0.25) is 0 Å². The molecule has 6 heteroatoms. The number of rotatable bonds is 3. The maximum atomic E-state index is 9.72. The molecule has 0 bridgehead atoms. The third-order valence-corrected chi connectivity index (χ3v) is 0.653. The van der Waals surface area contributed by atoms with Gasteiger partial charge in [-0.15, -0.1) is 0 Å². The van der Waals surface area contributed by atoms with Crippen LogP contribution in [0.1, 0.15) is 6.42 Å². The number of aliphatic hydroxyl groups excluding tert-OH is 1. The first-order chi connectivity index (χ1) is 4.04. The summed E-state index contributed by atoms with van der Waals surface area (Å²) in [7, 11) is 0. The van der Waals surface area contributed by atoms with Gasteiger partial charge in [-0.25, -0.2) is 4.79 Å². The summed E-state index contributed by atoms with van der Waals surface area (Å²) in [6.45, 7) is 0. The molecule has 0 aliphatic heterocycles. The minimum atomic E-state index is -1.79. The Labute approximate surface area is 86.7 Å². The van der Waals surface area contributed by atoms with Crippen LogP contribution in [0, 0.1) is 0 Å². The van der Waals surface area contributed by atoms with E-state index < -0.39 is 24.5 Å². The number of aliphatic carboxylic acids is 2. The van der Waals surface area contributed by atoms with Crippen molar-refractivity contribution in [2.45, 2.75) is 12.5 Å². The number of carboxylic acids is 2. The van der Waals surface area contributed by atoms with E-state index in [0.717, 1.165) is 0 Å². The molecule has 0 aromatic heterocycles. The number of carbonyl (C=O) groups is 2. The van der Waals surface area contributed by atoms with Crippen molar-refractivity contribution < 1.29 is 24.9 Å². The molecule has 10 heavy (non-hydrogen) atoms. The largest absolute Gasteiger partial charge is 0.481 e. The Balaban J connectivity index is 0. The normalized spacial score (nSPS) is 11.3. The minimum Gasteiger partial charge on any atom is -0.481 e. The molecule has 0 fully saturated rings. The Bertz CT molecular complexity index is 134. The zero-order valence-electron chi connectivity index (χ0n) is 5.15. The molecule has 0 heterocycles. The van der Waals surface area contributed by atoms with Gasteiger partial charge in [-0.05, 0) is 0 Å². The Hall–Kier alpha value is 0.160. The first kappa shape index (κ1) is 12.8. The molecule has 1 atom stereocenters. The van der Waals surface area contributed by atoms with Crippen molar-refractivity contribution in [3.63, 3.8) is 0 Å². The summed E-state index contributed by atoms with van der Waals surface area (Å²) < 4.78 is 0. The van der Waals surface area contributed by atoms with Gasteiger partial charge in [0.25, 0.3) is 0 Å². The number of hydrogen-bond acceptors (Lipinski definition) is 3. The summed E-state index contributed by atoms with van der Waals surface area (Å²) >= 11 is 0. The fourth-order valence-corrected chi connectivity index (χ4v) is 0.253. The molecule has 0 saturated heterocycles. The molecule has 0 rings (SSSR count). The van der Waals surface area contributed by atoms with Gasteiger partial charge in [0.15, 0.2) is 6.10 Å². The average Bonchev–Trinajstić information content (AvgIpc) is 1.63. The van der Waals surface area contributed by atoms with Gasteiger partial charge < -0.3 is 15.3 Å². The van der Waals surface area contributed by atoms with Gasteiger partial charge in [0.1, 0.15) is 0 Å². The van der Waals surface area contributed by atoms with E-state index in [-0.39, 0.29) is 37.7 Å². The topological polar surface area (TPSA) is 94.8 Å².